The van der Waals surface area contributed by atoms with E-state index in [1.54, 1.807) is 32.2 Å². The molecule has 1 unspecified atom stereocenters. The first-order valence-electron chi connectivity index (χ1n) is 5.94. The number of benzene rings is 1. The van der Waals surface area contributed by atoms with Crippen LogP contribution < -0.4 is 9.46 Å². The molecule has 2 aromatic rings. The first-order valence-corrected chi connectivity index (χ1v) is 9.00. The van der Waals surface area contributed by atoms with Gasteiger partial charge in [-0.3, -0.25) is 0 Å². The van der Waals surface area contributed by atoms with Crippen LogP contribution in [0.25, 0.3) is 0 Å². The highest BCUT2D eigenvalue weighted by Gasteiger charge is 2.23. The van der Waals surface area contributed by atoms with Crippen LogP contribution >= 0.6 is 34.5 Å². The van der Waals surface area contributed by atoms with Crippen molar-refractivity contribution in [3.63, 3.8) is 0 Å². The highest BCUT2D eigenvalue weighted by Crippen LogP contribution is 2.34. The summed E-state index contributed by atoms with van der Waals surface area (Å²) in [6.45, 7) is 1.74. The summed E-state index contributed by atoms with van der Waals surface area (Å²) in [5.74, 6) is 0.662. The van der Waals surface area contributed by atoms with Gasteiger partial charge in [-0.15, -0.1) is 11.3 Å². The van der Waals surface area contributed by atoms with Crippen LogP contribution in [0.5, 0.6) is 5.75 Å². The van der Waals surface area contributed by atoms with Crippen molar-refractivity contribution in [3.8, 4) is 5.75 Å². The van der Waals surface area contributed by atoms with E-state index in [1.807, 2.05) is 6.07 Å². The maximum absolute atomic E-state index is 12.3. The van der Waals surface area contributed by atoms with E-state index in [-0.39, 0.29) is 9.23 Å². The van der Waals surface area contributed by atoms with E-state index in [9.17, 15) is 8.42 Å². The fourth-order valence-corrected chi connectivity index (χ4v) is 5.16. The van der Waals surface area contributed by atoms with E-state index in [0.717, 1.165) is 16.9 Å². The Hall–Kier alpha value is -0.790. The highest BCUT2D eigenvalue weighted by atomic mass is 35.5. The van der Waals surface area contributed by atoms with Gasteiger partial charge in [0, 0.05) is 6.04 Å². The molecule has 1 heterocycles. The summed E-state index contributed by atoms with van der Waals surface area (Å²) in [5, 5.41) is 0. The third-order valence-corrected chi connectivity index (χ3v) is 6.13. The summed E-state index contributed by atoms with van der Waals surface area (Å²) in [5.41, 5.74) is 0.787. The quantitative estimate of drug-likeness (QED) is 0.867. The summed E-state index contributed by atoms with van der Waals surface area (Å²) < 4.78 is 32.8. The predicted molar refractivity (Wildman–Crippen MR) is 86.1 cm³/mol. The van der Waals surface area contributed by atoms with Gasteiger partial charge in [0.1, 0.15) is 15.0 Å². The lowest BCUT2D eigenvalue weighted by Crippen LogP contribution is -2.26. The molecule has 0 aliphatic heterocycles. The topological polar surface area (TPSA) is 55.4 Å². The van der Waals surface area contributed by atoms with E-state index >= 15 is 0 Å². The third kappa shape index (κ3) is 3.90. The molecule has 0 saturated heterocycles. The smallest absolute Gasteiger partial charge is 0.243 e. The lowest BCUT2D eigenvalue weighted by molar-refractivity contribution is 0.413. The van der Waals surface area contributed by atoms with Gasteiger partial charge in [0.2, 0.25) is 10.0 Å². The molecule has 0 spiro atoms. The molecule has 1 aromatic heterocycles. The maximum atomic E-state index is 12.3. The second-order valence-corrected chi connectivity index (χ2v) is 8.28. The molecular formula is C13H13Cl2NO3S2. The molecular weight excluding hydrogens is 353 g/mol. The lowest BCUT2D eigenvalue weighted by Gasteiger charge is -2.15. The second kappa shape index (κ2) is 6.54. The van der Waals surface area contributed by atoms with Crippen LogP contribution in [0.4, 0.5) is 0 Å². The Labute approximate surface area is 137 Å². The number of hydrogen-bond donors (Lipinski definition) is 1. The van der Waals surface area contributed by atoms with Gasteiger partial charge >= 0.3 is 0 Å². The van der Waals surface area contributed by atoms with Gasteiger partial charge in [0.25, 0.3) is 0 Å². The van der Waals surface area contributed by atoms with Crippen molar-refractivity contribution < 1.29 is 13.2 Å². The summed E-state index contributed by atoms with van der Waals surface area (Å²) in [6, 6.07) is 8.09. The number of sulfonamides is 1. The number of rotatable bonds is 5. The molecule has 1 atom stereocenters. The lowest BCUT2D eigenvalue weighted by atomic mass is 10.1. The van der Waals surface area contributed by atoms with Gasteiger partial charge in [-0.05, 0) is 30.7 Å². The van der Waals surface area contributed by atoms with Crippen LogP contribution in [-0.2, 0) is 10.0 Å². The second-order valence-electron chi connectivity index (χ2n) is 4.31. The third-order valence-electron chi connectivity index (χ3n) is 2.84. The molecule has 0 fully saturated rings. The number of hydrogen-bond acceptors (Lipinski definition) is 4. The monoisotopic (exact) mass is 365 g/mol. The summed E-state index contributed by atoms with van der Waals surface area (Å²) in [7, 11) is -2.18. The number of nitrogens with one attached hydrogen (secondary N) is 1. The standard InChI is InChI=1S/C13H13Cl2NO3S2/c1-8(9-4-3-5-10(6-9)19-2)16-21(17,18)11-7-12(14)20-13(11)15/h3-8,16H,1-2H3. The summed E-state index contributed by atoms with van der Waals surface area (Å²) >= 11 is 12.7. The minimum Gasteiger partial charge on any atom is -0.497 e. The molecule has 1 aromatic carbocycles. The Bertz CT molecular complexity index is 744. The zero-order valence-electron chi connectivity index (χ0n) is 11.3. The minimum atomic E-state index is -3.73. The van der Waals surface area contributed by atoms with Crippen molar-refractivity contribution >= 4 is 44.6 Å². The van der Waals surface area contributed by atoms with Gasteiger partial charge in [0.15, 0.2) is 0 Å². The molecule has 0 aliphatic rings. The van der Waals surface area contributed by atoms with Gasteiger partial charge in [-0.1, -0.05) is 35.3 Å². The van der Waals surface area contributed by atoms with Crippen molar-refractivity contribution in [2.45, 2.75) is 17.9 Å². The Kier molecular flexibility index (Phi) is 5.16. The van der Waals surface area contributed by atoms with Crippen LogP contribution in [0.2, 0.25) is 8.67 Å². The van der Waals surface area contributed by atoms with Crippen molar-refractivity contribution in [1.29, 1.82) is 0 Å². The van der Waals surface area contributed by atoms with Crippen LogP contribution in [0.1, 0.15) is 18.5 Å². The van der Waals surface area contributed by atoms with E-state index in [4.69, 9.17) is 27.9 Å². The Morgan fingerprint density at radius 1 is 1.29 bits per heavy atom. The fourth-order valence-electron chi connectivity index (χ4n) is 1.78. The predicted octanol–water partition coefficient (Wildman–Crippen LogP) is 4.10. The van der Waals surface area contributed by atoms with Gasteiger partial charge in [-0.2, -0.15) is 0 Å². The van der Waals surface area contributed by atoms with E-state index < -0.39 is 16.1 Å². The van der Waals surface area contributed by atoms with Crippen molar-refractivity contribution in [1.82, 2.24) is 4.72 Å². The first kappa shape index (κ1) is 16.6. The molecule has 0 aliphatic carbocycles. The van der Waals surface area contributed by atoms with Crippen LogP contribution in [0.3, 0.4) is 0 Å². The van der Waals surface area contributed by atoms with Crippen LogP contribution in [-0.4, -0.2) is 15.5 Å². The fraction of sp³-hybridized carbons (Fsp3) is 0.231. The molecule has 8 heteroatoms. The SMILES string of the molecule is COc1cccc(C(C)NS(=O)(=O)c2cc(Cl)sc2Cl)c1. The minimum absolute atomic E-state index is 0.00564. The normalized spacial score (nSPS) is 13.1. The van der Waals surface area contributed by atoms with E-state index in [2.05, 4.69) is 4.72 Å². The Balaban J connectivity index is 2.25. The van der Waals surface area contributed by atoms with Crippen molar-refractivity contribution in [2.75, 3.05) is 7.11 Å². The molecule has 0 amide bonds. The summed E-state index contributed by atoms with van der Waals surface area (Å²) in [4.78, 5) is -0.00564. The van der Waals surface area contributed by atoms with Gasteiger partial charge in [-0.25, -0.2) is 13.1 Å². The van der Waals surface area contributed by atoms with Crippen LogP contribution in [0.15, 0.2) is 35.2 Å². The molecule has 21 heavy (non-hydrogen) atoms. The number of halogens is 2. The first-order chi connectivity index (χ1) is 9.83. The van der Waals surface area contributed by atoms with Crippen LogP contribution in [0, 0.1) is 0 Å². The molecule has 114 valence electrons. The zero-order valence-corrected chi connectivity index (χ0v) is 14.4. The number of ether oxygens (including phenoxy) is 1. The van der Waals surface area contributed by atoms with Gasteiger partial charge < -0.3 is 4.74 Å². The average molecular weight is 366 g/mol. The van der Waals surface area contributed by atoms with Gasteiger partial charge in [0.05, 0.1) is 11.4 Å². The highest BCUT2D eigenvalue weighted by molar-refractivity contribution is 7.89. The molecule has 0 radical (unpaired) electrons. The number of methoxy groups -OCH3 is 1. The summed E-state index contributed by atoms with van der Waals surface area (Å²) in [6.07, 6.45) is 0. The van der Waals surface area contributed by atoms with E-state index in [1.165, 1.54) is 6.07 Å². The van der Waals surface area contributed by atoms with Crippen molar-refractivity contribution in [2.24, 2.45) is 0 Å². The zero-order chi connectivity index (χ0) is 15.6. The number of thiophene rings is 1. The molecule has 1 N–H and O–H groups in total. The molecule has 2 rings (SSSR count). The molecule has 0 saturated carbocycles. The Morgan fingerprint density at radius 2 is 2.00 bits per heavy atom. The average Bonchev–Trinajstić information content (AvgIpc) is 2.78. The maximum Gasteiger partial charge on any atom is 0.243 e. The Morgan fingerprint density at radius 3 is 2.57 bits per heavy atom. The van der Waals surface area contributed by atoms with E-state index in [0.29, 0.717) is 10.1 Å². The molecule has 0 bridgehead atoms. The largest absolute Gasteiger partial charge is 0.497 e. The van der Waals surface area contributed by atoms with Crippen molar-refractivity contribution in [3.05, 3.63) is 44.6 Å². The molecule has 4 nitrogen and oxygen atoms in total.